The number of hydrogen-bond acceptors (Lipinski definition) is 6. The highest BCUT2D eigenvalue weighted by Gasteiger charge is 2.27. The van der Waals surface area contributed by atoms with Gasteiger partial charge in [-0.05, 0) is 6.42 Å². The molecule has 0 saturated carbocycles. The molecule has 26 heavy (non-hydrogen) atoms. The third kappa shape index (κ3) is 5.43. The summed E-state index contributed by atoms with van der Waals surface area (Å²) >= 11 is 0. The van der Waals surface area contributed by atoms with Crippen molar-refractivity contribution in [3.8, 4) is 17.5 Å². The van der Waals surface area contributed by atoms with Crippen LogP contribution in [0.5, 0.6) is 5.75 Å². The second-order valence-corrected chi connectivity index (χ2v) is 4.91. The zero-order valence-electron chi connectivity index (χ0n) is 14.0. The van der Waals surface area contributed by atoms with Crippen LogP contribution in [0.3, 0.4) is 0 Å². The Bertz CT molecular complexity index is 819. The number of nitriles is 1. The van der Waals surface area contributed by atoms with Crippen molar-refractivity contribution in [2.24, 2.45) is 0 Å². The van der Waals surface area contributed by atoms with Gasteiger partial charge >= 0.3 is 12.3 Å². The molecule has 0 amide bonds. The molecule has 0 atom stereocenters. The molecule has 0 spiro atoms. The van der Waals surface area contributed by atoms with E-state index in [-0.39, 0.29) is 18.3 Å². The molecule has 10 heteroatoms. The fourth-order valence-corrected chi connectivity index (χ4v) is 2.20. The zero-order chi connectivity index (χ0) is 19.7. The molecule has 0 unspecified atom stereocenters. The number of ether oxygens (including phenoxy) is 1. The van der Waals surface area contributed by atoms with Gasteiger partial charge in [0.15, 0.2) is 0 Å². The molecule has 2 heterocycles. The van der Waals surface area contributed by atoms with Gasteiger partial charge in [-0.3, -0.25) is 9.55 Å². The number of hydrogen-bond donors (Lipinski definition) is 0. The molecule has 0 fully saturated rings. The summed E-state index contributed by atoms with van der Waals surface area (Å²) in [6.07, 6.45) is -1.73. The van der Waals surface area contributed by atoms with E-state index in [2.05, 4.69) is 9.97 Å². The molecule has 0 N–H and O–H groups in total. The van der Waals surface area contributed by atoms with Crippen molar-refractivity contribution >= 4 is 6.15 Å². The number of halogens is 3. The number of rotatable bonds is 5. The van der Waals surface area contributed by atoms with E-state index in [1.54, 1.807) is 4.57 Å². The number of alkyl halides is 3. The number of methoxy groups -OCH3 is 1. The van der Waals surface area contributed by atoms with Crippen molar-refractivity contribution < 1.29 is 27.5 Å². The predicted octanol–water partition coefficient (Wildman–Crippen LogP) is 2.62. The van der Waals surface area contributed by atoms with Gasteiger partial charge in [-0.1, -0.05) is 6.92 Å². The Balaban J connectivity index is 0.00000105. The largest absolute Gasteiger partial charge is 0.494 e. The Morgan fingerprint density at radius 2 is 1.92 bits per heavy atom. The Hall–Kier alpha value is -3.18. The number of pyridine rings is 1. The van der Waals surface area contributed by atoms with E-state index < -0.39 is 12.6 Å². The molecule has 0 radical (unpaired) electrons. The van der Waals surface area contributed by atoms with Crippen LogP contribution in [-0.2, 0) is 22.4 Å². The van der Waals surface area contributed by atoms with Crippen LogP contribution in [0.4, 0.5) is 13.2 Å². The highest BCUT2D eigenvalue weighted by atomic mass is 19.4. The summed E-state index contributed by atoms with van der Waals surface area (Å²) in [7, 11) is 1.42. The van der Waals surface area contributed by atoms with Gasteiger partial charge < -0.3 is 4.74 Å². The number of imidazole rings is 1. The van der Waals surface area contributed by atoms with Gasteiger partial charge in [0.2, 0.25) is 0 Å². The van der Waals surface area contributed by atoms with Crippen LogP contribution in [0.25, 0.3) is 5.69 Å². The monoisotopic (exact) mass is 368 g/mol. The summed E-state index contributed by atoms with van der Waals surface area (Å²) < 4.78 is 43.8. The van der Waals surface area contributed by atoms with Crippen molar-refractivity contribution in [3.63, 3.8) is 0 Å². The molecule has 2 aromatic heterocycles. The number of nitrogens with zero attached hydrogens (tertiary/aromatic N) is 4. The lowest BCUT2D eigenvalue weighted by molar-refractivity contribution is -0.191. The Kier molecular flexibility index (Phi) is 7.50. The molecule has 0 aliphatic carbocycles. The van der Waals surface area contributed by atoms with Crippen LogP contribution in [0.2, 0.25) is 0 Å². The van der Waals surface area contributed by atoms with Crippen molar-refractivity contribution in [2.75, 3.05) is 7.11 Å². The minimum Gasteiger partial charge on any atom is -0.494 e. The summed E-state index contributed by atoms with van der Waals surface area (Å²) in [6.45, 7) is 1.89. The third-order valence-electron chi connectivity index (χ3n) is 3.29. The van der Waals surface area contributed by atoms with Gasteiger partial charge in [-0.2, -0.15) is 28.0 Å². The smallest absolute Gasteiger partial charge is 0.389 e. The number of aromatic nitrogens is 3. The van der Waals surface area contributed by atoms with Gasteiger partial charge in [0.1, 0.15) is 29.0 Å². The maximum Gasteiger partial charge on any atom is 0.389 e. The predicted molar refractivity (Wildman–Crippen MR) is 81.4 cm³/mol. The van der Waals surface area contributed by atoms with E-state index in [1.165, 1.54) is 25.6 Å². The van der Waals surface area contributed by atoms with Crippen LogP contribution >= 0.6 is 0 Å². The Morgan fingerprint density at radius 3 is 2.42 bits per heavy atom. The summed E-state index contributed by atoms with van der Waals surface area (Å²) in [6, 6.07) is 3.49. The lowest BCUT2D eigenvalue weighted by atomic mass is 10.2. The van der Waals surface area contributed by atoms with E-state index in [1.807, 2.05) is 13.0 Å². The number of carbonyl (C=O) groups excluding carboxylic acids is 2. The van der Waals surface area contributed by atoms with Gasteiger partial charge in [0, 0.05) is 24.6 Å². The van der Waals surface area contributed by atoms with E-state index in [9.17, 15) is 18.4 Å². The highest BCUT2D eigenvalue weighted by Crippen LogP contribution is 2.28. The quantitative estimate of drug-likeness (QED) is 0.805. The van der Waals surface area contributed by atoms with Crippen LogP contribution in [0.15, 0.2) is 18.5 Å². The Morgan fingerprint density at radius 1 is 1.27 bits per heavy atom. The first kappa shape index (κ1) is 20.9. The SMILES string of the molecule is CCc1ncc(C#N)n1-c1cnc(CCC(F)(F)F)cc1OC.O=C=O. The first-order chi connectivity index (χ1) is 12.3. The second kappa shape index (κ2) is 9.34. The Labute approximate surface area is 147 Å². The molecule has 7 nitrogen and oxygen atoms in total. The summed E-state index contributed by atoms with van der Waals surface area (Å²) in [5.74, 6) is 0.992. The first-order valence-electron chi connectivity index (χ1n) is 7.37. The average Bonchev–Trinajstić information content (AvgIpc) is 3.02. The van der Waals surface area contributed by atoms with Crippen molar-refractivity contribution in [2.45, 2.75) is 32.4 Å². The standard InChI is InChI=1S/C15H15F3N4O.CO2/c1-3-14-21-8-11(7-19)22(14)12-9-20-10(6-13(12)23-2)4-5-15(16,17)18;2-1-3/h6,8-9H,3-5H2,1-2H3;. The lowest BCUT2D eigenvalue weighted by Crippen LogP contribution is -2.10. The first-order valence-corrected chi connectivity index (χ1v) is 7.37. The van der Waals surface area contributed by atoms with Gasteiger partial charge in [-0.25, -0.2) is 4.98 Å². The van der Waals surface area contributed by atoms with Crippen LogP contribution in [0.1, 0.15) is 30.6 Å². The maximum absolute atomic E-state index is 12.3. The summed E-state index contributed by atoms with van der Waals surface area (Å²) in [5.41, 5.74) is 1.07. The minimum atomic E-state index is -4.23. The molecule has 0 bridgehead atoms. The van der Waals surface area contributed by atoms with E-state index in [0.717, 1.165) is 0 Å². The molecule has 0 saturated heterocycles. The van der Waals surface area contributed by atoms with Crippen molar-refractivity contribution in [3.05, 3.63) is 35.7 Å². The third-order valence-corrected chi connectivity index (χ3v) is 3.29. The fourth-order valence-electron chi connectivity index (χ4n) is 2.20. The molecule has 2 rings (SSSR count). The summed E-state index contributed by atoms with van der Waals surface area (Å²) in [5, 5.41) is 9.18. The fraction of sp³-hybridized carbons (Fsp3) is 0.375. The van der Waals surface area contributed by atoms with Gasteiger partial charge in [-0.15, -0.1) is 0 Å². The number of aryl methyl sites for hydroxylation is 2. The van der Waals surface area contributed by atoms with Crippen molar-refractivity contribution in [1.29, 1.82) is 5.26 Å². The molecule has 138 valence electrons. The molecular weight excluding hydrogens is 353 g/mol. The zero-order valence-corrected chi connectivity index (χ0v) is 14.0. The molecule has 2 aromatic rings. The average molecular weight is 368 g/mol. The maximum atomic E-state index is 12.3. The molecule has 0 aliphatic heterocycles. The van der Waals surface area contributed by atoms with E-state index in [4.69, 9.17) is 14.3 Å². The van der Waals surface area contributed by atoms with Gasteiger partial charge in [0.25, 0.3) is 0 Å². The lowest BCUT2D eigenvalue weighted by Gasteiger charge is -2.14. The second-order valence-electron chi connectivity index (χ2n) is 4.91. The summed E-state index contributed by atoms with van der Waals surface area (Å²) in [4.78, 5) is 24.5. The normalized spacial score (nSPS) is 10.3. The molecule has 0 aromatic carbocycles. The highest BCUT2D eigenvalue weighted by molar-refractivity contribution is 5.49. The van der Waals surface area contributed by atoms with E-state index in [0.29, 0.717) is 29.4 Å². The van der Waals surface area contributed by atoms with Crippen molar-refractivity contribution in [1.82, 2.24) is 14.5 Å². The molecular formula is C16H15F3N4O3. The minimum absolute atomic E-state index is 0.226. The van der Waals surface area contributed by atoms with Crippen LogP contribution in [0, 0.1) is 11.3 Å². The van der Waals surface area contributed by atoms with Gasteiger partial charge in [0.05, 0.1) is 19.5 Å². The van der Waals surface area contributed by atoms with E-state index >= 15 is 0 Å². The van der Waals surface area contributed by atoms with Crippen LogP contribution in [-0.4, -0.2) is 34.0 Å². The van der Waals surface area contributed by atoms with Crippen LogP contribution < -0.4 is 4.74 Å². The molecule has 0 aliphatic rings. The topological polar surface area (TPSA) is 97.9 Å².